The lowest BCUT2D eigenvalue weighted by Crippen LogP contribution is -2.31. The molecule has 0 bridgehead atoms. The molecule has 0 unspecified atom stereocenters. The quantitative estimate of drug-likeness (QED) is 0.237. The van der Waals surface area contributed by atoms with Crippen molar-refractivity contribution >= 4 is 5.84 Å². The first-order valence-corrected chi connectivity index (χ1v) is 5.39. The van der Waals surface area contributed by atoms with Crippen LogP contribution in [-0.2, 0) is 0 Å². The zero-order valence-electron chi connectivity index (χ0n) is 11.2. The van der Waals surface area contributed by atoms with Gasteiger partial charge in [0.25, 0.3) is 0 Å². The molecule has 4 nitrogen and oxygen atoms in total. The van der Waals surface area contributed by atoms with Gasteiger partial charge in [0.2, 0.25) is 0 Å². The van der Waals surface area contributed by atoms with Crippen molar-refractivity contribution in [3.8, 4) is 0 Å². The molecule has 0 amide bonds. The summed E-state index contributed by atoms with van der Waals surface area (Å²) in [7, 11) is 0. The van der Waals surface area contributed by atoms with Crippen molar-refractivity contribution < 1.29 is 0 Å². The molecule has 0 atom stereocenters. The summed E-state index contributed by atoms with van der Waals surface area (Å²) < 4.78 is 0. The van der Waals surface area contributed by atoms with Gasteiger partial charge in [-0.05, 0) is 10.8 Å². The summed E-state index contributed by atoms with van der Waals surface area (Å²) in [5.41, 5.74) is 0.168. The van der Waals surface area contributed by atoms with Gasteiger partial charge in [0.1, 0.15) is 5.84 Å². The van der Waals surface area contributed by atoms with E-state index in [0.717, 1.165) is 0 Å². The number of nitrogens with one attached hydrogen (secondary N) is 1. The van der Waals surface area contributed by atoms with Crippen molar-refractivity contribution in [2.75, 3.05) is 0 Å². The summed E-state index contributed by atoms with van der Waals surface area (Å²) >= 11 is 0. The summed E-state index contributed by atoms with van der Waals surface area (Å²) in [6.07, 6.45) is 0.594. The van der Waals surface area contributed by atoms with Crippen LogP contribution in [0.2, 0.25) is 0 Å². The second kappa shape index (κ2) is 6.53. The van der Waals surface area contributed by atoms with Gasteiger partial charge in [-0.15, -0.1) is 5.11 Å². The van der Waals surface area contributed by atoms with Crippen LogP contribution in [0, 0.1) is 16.2 Å². The normalized spacial score (nSPS) is 12.2. The van der Waals surface area contributed by atoms with Crippen molar-refractivity contribution in [1.82, 2.24) is 0 Å². The lowest BCUT2D eigenvalue weighted by Gasteiger charge is -2.38. The minimum atomic E-state index is 0.0261. The zero-order valence-corrected chi connectivity index (χ0v) is 11.2. The fourth-order valence-electron chi connectivity index (χ4n) is 0.789. The fraction of sp³-hybridized carbons (Fsp3) is 0.909. The van der Waals surface area contributed by atoms with Gasteiger partial charge in [-0.25, -0.2) is 0 Å². The van der Waals surface area contributed by atoms with Crippen LogP contribution in [0.5, 0.6) is 0 Å². The molecule has 0 aliphatic heterocycles. The summed E-state index contributed by atoms with van der Waals surface area (Å²) in [5, 5.41) is 14.1. The Morgan fingerprint density at radius 3 is 1.80 bits per heavy atom. The first-order valence-electron chi connectivity index (χ1n) is 5.39. The number of nitrogens with zero attached hydrogens (tertiary/aromatic N) is 2. The number of nitrogens with two attached hydrogens (primary N) is 1. The molecule has 0 spiro atoms. The van der Waals surface area contributed by atoms with Crippen LogP contribution in [0.25, 0.3) is 0 Å². The van der Waals surface area contributed by atoms with Gasteiger partial charge in [0.15, 0.2) is 0 Å². The molecular weight excluding hydrogens is 188 g/mol. The summed E-state index contributed by atoms with van der Waals surface area (Å²) in [6, 6.07) is 0. The molecule has 0 aromatic carbocycles. The van der Waals surface area contributed by atoms with E-state index >= 15 is 0 Å². The average Bonchev–Trinajstić information content (AvgIpc) is 2.05. The van der Waals surface area contributed by atoms with E-state index in [-0.39, 0.29) is 16.7 Å². The second-order valence-corrected chi connectivity index (χ2v) is 4.97. The molecule has 90 valence electrons. The molecular formula is C11H26N4. The van der Waals surface area contributed by atoms with Crippen molar-refractivity contribution in [3.05, 3.63) is 0 Å². The smallest absolute Gasteiger partial charge is 0.145 e. The molecule has 0 aliphatic carbocycles. The summed E-state index contributed by atoms with van der Waals surface area (Å²) in [6.45, 7) is 14.7. The average molecular weight is 214 g/mol. The SMILES string of the molecule is CC.CC(C)(C)C(C)(C)CC(=N)N=NN. The topological polar surface area (TPSA) is 74.6 Å². The Hall–Kier alpha value is -0.930. The first-order chi connectivity index (χ1) is 6.70. The second-order valence-electron chi connectivity index (χ2n) is 4.97. The van der Waals surface area contributed by atoms with E-state index < -0.39 is 0 Å². The lowest BCUT2D eigenvalue weighted by molar-refractivity contribution is 0.140. The van der Waals surface area contributed by atoms with Gasteiger partial charge in [-0.2, -0.15) is 0 Å². The molecule has 0 aliphatic rings. The Labute approximate surface area is 93.8 Å². The van der Waals surface area contributed by atoms with Crippen molar-refractivity contribution in [2.24, 2.45) is 27.0 Å². The van der Waals surface area contributed by atoms with Crippen molar-refractivity contribution in [3.63, 3.8) is 0 Å². The summed E-state index contributed by atoms with van der Waals surface area (Å²) in [5.74, 6) is 5.11. The van der Waals surface area contributed by atoms with Gasteiger partial charge in [0.05, 0.1) is 0 Å². The standard InChI is InChI=1S/C9H20N4.C2H6/c1-8(2,3)9(4,5)6-7(10)12-13-11;1-2/h6H2,1-5H3,(H3,10,11,12);1-2H3. The van der Waals surface area contributed by atoms with E-state index in [4.69, 9.17) is 11.3 Å². The van der Waals surface area contributed by atoms with Gasteiger partial charge in [-0.3, -0.25) is 5.41 Å². The van der Waals surface area contributed by atoms with Crippen LogP contribution in [0.1, 0.15) is 54.9 Å². The maximum absolute atomic E-state index is 7.48. The Kier molecular flexibility index (Phi) is 7.19. The third-order valence-corrected chi connectivity index (χ3v) is 2.82. The van der Waals surface area contributed by atoms with Gasteiger partial charge in [-0.1, -0.05) is 53.7 Å². The van der Waals surface area contributed by atoms with E-state index in [1.54, 1.807) is 0 Å². The monoisotopic (exact) mass is 214 g/mol. The molecule has 0 heterocycles. The van der Waals surface area contributed by atoms with E-state index in [1.165, 1.54) is 0 Å². The number of rotatable bonds is 2. The molecule has 0 saturated heterocycles. The van der Waals surface area contributed by atoms with Crippen LogP contribution in [0.4, 0.5) is 0 Å². The highest BCUT2D eigenvalue weighted by Gasteiger charge is 2.33. The molecule has 0 aromatic rings. The molecule has 15 heavy (non-hydrogen) atoms. The van der Waals surface area contributed by atoms with Crippen LogP contribution < -0.4 is 5.84 Å². The van der Waals surface area contributed by atoms with Gasteiger partial charge in [0, 0.05) is 6.42 Å². The highest BCUT2D eigenvalue weighted by Crippen LogP contribution is 2.40. The molecule has 0 aromatic heterocycles. The van der Waals surface area contributed by atoms with Crippen LogP contribution in [-0.4, -0.2) is 5.84 Å². The summed E-state index contributed by atoms with van der Waals surface area (Å²) in [4.78, 5) is 0. The number of hydrogen-bond acceptors (Lipinski definition) is 2. The maximum atomic E-state index is 7.48. The third kappa shape index (κ3) is 6.20. The van der Waals surface area contributed by atoms with Crippen molar-refractivity contribution in [1.29, 1.82) is 5.41 Å². The first kappa shape index (κ1) is 16.5. The number of amidine groups is 1. The Morgan fingerprint density at radius 1 is 1.13 bits per heavy atom. The maximum Gasteiger partial charge on any atom is 0.145 e. The minimum Gasteiger partial charge on any atom is -0.305 e. The minimum absolute atomic E-state index is 0.0261. The molecule has 0 radical (unpaired) electrons. The van der Waals surface area contributed by atoms with Crippen LogP contribution in [0.3, 0.4) is 0 Å². The Morgan fingerprint density at radius 2 is 1.53 bits per heavy atom. The fourth-order valence-corrected chi connectivity index (χ4v) is 0.789. The highest BCUT2D eigenvalue weighted by molar-refractivity contribution is 5.79. The van der Waals surface area contributed by atoms with Gasteiger partial charge >= 0.3 is 0 Å². The van der Waals surface area contributed by atoms with Crippen LogP contribution >= 0.6 is 0 Å². The van der Waals surface area contributed by atoms with E-state index in [0.29, 0.717) is 6.42 Å². The highest BCUT2D eigenvalue weighted by atomic mass is 15.3. The molecule has 0 fully saturated rings. The zero-order chi connectivity index (χ0) is 12.7. The van der Waals surface area contributed by atoms with E-state index in [1.807, 2.05) is 13.8 Å². The Balaban J connectivity index is 0. The predicted molar refractivity (Wildman–Crippen MR) is 66.0 cm³/mol. The lowest BCUT2D eigenvalue weighted by atomic mass is 9.67. The van der Waals surface area contributed by atoms with E-state index in [9.17, 15) is 0 Å². The molecule has 0 rings (SSSR count). The largest absolute Gasteiger partial charge is 0.305 e. The van der Waals surface area contributed by atoms with Gasteiger partial charge < -0.3 is 5.84 Å². The number of hydrogen-bond donors (Lipinski definition) is 2. The van der Waals surface area contributed by atoms with Crippen molar-refractivity contribution in [2.45, 2.75) is 54.9 Å². The molecule has 0 saturated carbocycles. The van der Waals surface area contributed by atoms with E-state index in [2.05, 4.69) is 45.0 Å². The molecule has 3 N–H and O–H groups in total. The third-order valence-electron chi connectivity index (χ3n) is 2.82. The predicted octanol–water partition coefficient (Wildman–Crippen LogP) is 3.78. The van der Waals surface area contributed by atoms with Crippen LogP contribution in [0.15, 0.2) is 10.3 Å². The molecule has 4 heteroatoms. The Bertz CT molecular complexity index is 211.